The van der Waals surface area contributed by atoms with E-state index in [2.05, 4.69) is 9.97 Å². The topological polar surface area (TPSA) is 28.7 Å². The van der Waals surface area contributed by atoms with E-state index >= 15 is 0 Å². The van der Waals surface area contributed by atoms with E-state index in [1.807, 2.05) is 13.8 Å². The van der Waals surface area contributed by atoms with Crippen molar-refractivity contribution in [1.29, 1.82) is 0 Å². The van der Waals surface area contributed by atoms with Gasteiger partial charge >= 0.3 is 0 Å². The zero-order valence-electron chi connectivity index (χ0n) is 12.2. The maximum Gasteiger partial charge on any atom is 0.198 e. The first-order valence-electron chi connectivity index (χ1n) is 6.67. The highest BCUT2D eigenvalue weighted by Crippen LogP contribution is 2.36. The Morgan fingerprint density at radius 2 is 1.43 bits per heavy atom. The van der Waals surface area contributed by atoms with E-state index in [9.17, 15) is 17.6 Å². The average Bonchev–Trinajstić information content (AvgIpc) is 2.89. The van der Waals surface area contributed by atoms with Gasteiger partial charge in [0.05, 0.1) is 5.69 Å². The molecule has 0 fully saturated rings. The van der Waals surface area contributed by atoms with Gasteiger partial charge < -0.3 is 4.98 Å². The van der Waals surface area contributed by atoms with Crippen molar-refractivity contribution >= 4 is 0 Å². The van der Waals surface area contributed by atoms with Gasteiger partial charge in [-0.15, -0.1) is 0 Å². The standard InChI is InChI=1S/C15H16F4N2/c1-6(2)9-10(8-5-20-15(21-8)7(3)4)12(17)14(19)13(18)11(9)16/h5-7H,1-4H3,(H,20,21). The molecule has 0 spiro atoms. The van der Waals surface area contributed by atoms with Crippen molar-refractivity contribution in [2.75, 3.05) is 0 Å². The first kappa shape index (κ1) is 15.5. The molecular weight excluding hydrogens is 284 g/mol. The van der Waals surface area contributed by atoms with Crippen LogP contribution in [-0.4, -0.2) is 9.97 Å². The Balaban J connectivity index is 2.77. The van der Waals surface area contributed by atoms with Crippen LogP contribution in [0.2, 0.25) is 0 Å². The summed E-state index contributed by atoms with van der Waals surface area (Å²) in [6.45, 7) is 6.89. The number of hydrogen-bond acceptors (Lipinski definition) is 1. The van der Waals surface area contributed by atoms with E-state index in [4.69, 9.17) is 0 Å². The van der Waals surface area contributed by atoms with Crippen LogP contribution in [0, 0.1) is 23.3 Å². The smallest absolute Gasteiger partial charge is 0.198 e. The number of aromatic amines is 1. The third-order valence-corrected chi connectivity index (χ3v) is 3.28. The quantitative estimate of drug-likeness (QED) is 0.488. The van der Waals surface area contributed by atoms with Crippen LogP contribution in [-0.2, 0) is 0 Å². The van der Waals surface area contributed by atoms with Gasteiger partial charge in [0.25, 0.3) is 0 Å². The second-order valence-electron chi connectivity index (χ2n) is 5.52. The maximum atomic E-state index is 14.1. The lowest BCUT2D eigenvalue weighted by atomic mass is 9.94. The summed E-state index contributed by atoms with van der Waals surface area (Å²) in [5.41, 5.74) is -0.476. The largest absolute Gasteiger partial charge is 0.348 e. The van der Waals surface area contributed by atoms with Crippen LogP contribution in [0.25, 0.3) is 11.3 Å². The van der Waals surface area contributed by atoms with Crippen molar-refractivity contribution in [2.24, 2.45) is 0 Å². The maximum absolute atomic E-state index is 14.1. The molecule has 0 radical (unpaired) electrons. The Hall–Kier alpha value is -1.85. The van der Waals surface area contributed by atoms with Crippen LogP contribution in [0.15, 0.2) is 6.20 Å². The number of H-pyrrole nitrogens is 1. The molecule has 0 aliphatic rings. The molecule has 1 aromatic carbocycles. The lowest BCUT2D eigenvalue weighted by Gasteiger charge is -2.15. The summed E-state index contributed by atoms with van der Waals surface area (Å²) in [6.07, 6.45) is 1.37. The van der Waals surface area contributed by atoms with Crippen LogP contribution >= 0.6 is 0 Å². The summed E-state index contributed by atoms with van der Waals surface area (Å²) in [7, 11) is 0. The molecule has 1 N–H and O–H groups in total. The van der Waals surface area contributed by atoms with Gasteiger partial charge in [-0.2, -0.15) is 0 Å². The number of hydrogen-bond donors (Lipinski definition) is 1. The number of imidazole rings is 1. The van der Waals surface area contributed by atoms with Crippen LogP contribution in [0.3, 0.4) is 0 Å². The summed E-state index contributed by atoms with van der Waals surface area (Å²) in [5, 5.41) is 0. The molecule has 0 aliphatic heterocycles. The predicted octanol–water partition coefficient (Wildman–Crippen LogP) is 4.88. The molecular formula is C15H16F4N2. The molecule has 2 aromatic rings. The predicted molar refractivity (Wildman–Crippen MR) is 72.0 cm³/mol. The van der Waals surface area contributed by atoms with E-state index in [0.717, 1.165) is 0 Å². The first-order chi connectivity index (χ1) is 9.75. The second-order valence-corrected chi connectivity index (χ2v) is 5.52. The molecule has 0 amide bonds. The van der Waals surface area contributed by atoms with Gasteiger partial charge in [-0.3, -0.25) is 0 Å². The Bertz CT molecular complexity index is 675. The highest BCUT2D eigenvalue weighted by Gasteiger charge is 2.28. The minimum absolute atomic E-state index is 0.0412. The number of aromatic nitrogens is 2. The van der Waals surface area contributed by atoms with Crippen molar-refractivity contribution in [1.82, 2.24) is 9.97 Å². The van der Waals surface area contributed by atoms with Crippen molar-refractivity contribution in [3.8, 4) is 11.3 Å². The molecule has 6 heteroatoms. The summed E-state index contributed by atoms with van der Waals surface area (Å²) < 4.78 is 55.1. The van der Waals surface area contributed by atoms with Crippen LogP contribution in [0.1, 0.15) is 50.9 Å². The second kappa shape index (κ2) is 5.50. The zero-order chi connectivity index (χ0) is 15.9. The molecule has 0 atom stereocenters. The van der Waals surface area contributed by atoms with Gasteiger partial charge in [-0.05, 0) is 5.92 Å². The fourth-order valence-electron chi connectivity index (χ4n) is 2.20. The molecule has 0 aliphatic carbocycles. The normalized spacial score (nSPS) is 11.7. The highest BCUT2D eigenvalue weighted by atomic mass is 19.2. The Morgan fingerprint density at radius 3 is 1.90 bits per heavy atom. The molecule has 1 heterocycles. The number of halogens is 4. The number of rotatable bonds is 3. The summed E-state index contributed by atoms with van der Waals surface area (Å²) >= 11 is 0. The van der Waals surface area contributed by atoms with E-state index < -0.39 is 29.2 Å². The van der Waals surface area contributed by atoms with Crippen LogP contribution in [0.4, 0.5) is 17.6 Å². The van der Waals surface area contributed by atoms with Crippen molar-refractivity contribution < 1.29 is 17.6 Å². The third kappa shape index (κ3) is 2.54. The summed E-state index contributed by atoms with van der Waals surface area (Å²) in [4.78, 5) is 6.98. The lowest BCUT2D eigenvalue weighted by Crippen LogP contribution is -2.07. The first-order valence-corrected chi connectivity index (χ1v) is 6.67. The molecule has 2 nitrogen and oxygen atoms in total. The Morgan fingerprint density at radius 1 is 0.857 bits per heavy atom. The van der Waals surface area contributed by atoms with Crippen LogP contribution < -0.4 is 0 Å². The van der Waals surface area contributed by atoms with Gasteiger partial charge in [0.1, 0.15) is 5.82 Å². The number of nitrogens with one attached hydrogen (secondary N) is 1. The molecule has 0 saturated carbocycles. The number of benzene rings is 1. The lowest BCUT2D eigenvalue weighted by molar-refractivity contribution is 0.403. The fraction of sp³-hybridized carbons (Fsp3) is 0.400. The molecule has 0 unspecified atom stereocenters. The Kier molecular flexibility index (Phi) is 4.07. The minimum Gasteiger partial charge on any atom is -0.348 e. The molecule has 1 aromatic heterocycles. The molecule has 0 saturated heterocycles. The average molecular weight is 300 g/mol. The highest BCUT2D eigenvalue weighted by molar-refractivity contribution is 5.65. The fourth-order valence-corrected chi connectivity index (χ4v) is 2.20. The van der Waals surface area contributed by atoms with Gasteiger partial charge in [0.15, 0.2) is 23.3 Å². The van der Waals surface area contributed by atoms with Crippen LogP contribution in [0.5, 0.6) is 0 Å². The molecule has 0 bridgehead atoms. The minimum atomic E-state index is -1.82. The molecule has 21 heavy (non-hydrogen) atoms. The van der Waals surface area contributed by atoms with Gasteiger partial charge in [-0.25, -0.2) is 22.5 Å². The Labute approximate surface area is 120 Å². The van der Waals surface area contributed by atoms with E-state index in [1.165, 1.54) is 6.20 Å². The molecule has 114 valence electrons. The van der Waals surface area contributed by atoms with E-state index in [1.54, 1.807) is 13.8 Å². The summed E-state index contributed by atoms with van der Waals surface area (Å²) in [5.74, 6) is -6.32. The number of nitrogens with zero attached hydrogens (tertiary/aromatic N) is 1. The van der Waals surface area contributed by atoms with Crippen molar-refractivity contribution in [2.45, 2.75) is 39.5 Å². The third-order valence-electron chi connectivity index (χ3n) is 3.28. The van der Waals surface area contributed by atoms with Gasteiger partial charge in [0.2, 0.25) is 0 Å². The van der Waals surface area contributed by atoms with E-state index in [-0.39, 0.29) is 22.7 Å². The summed E-state index contributed by atoms with van der Waals surface area (Å²) in [6, 6.07) is 0. The zero-order valence-corrected chi connectivity index (χ0v) is 12.2. The van der Waals surface area contributed by atoms with Gasteiger partial charge in [-0.1, -0.05) is 27.7 Å². The molecule has 2 rings (SSSR count). The monoisotopic (exact) mass is 300 g/mol. The van der Waals surface area contributed by atoms with E-state index in [0.29, 0.717) is 5.82 Å². The van der Waals surface area contributed by atoms with Crippen molar-refractivity contribution in [3.63, 3.8) is 0 Å². The van der Waals surface area contributed by atoms with Crippen molar-refractivity contribution in [3.05, 3.63) is 40.9 Å². The van der Waals surface area contributed by atoms with Gasteiger partial charge in [0, 0.05) is 23.2 Å². The SMILES string of the molecule is CC(C)c1nc(-c2c(F)c(F)c(F)c(F)c2C(C)C)c[nH]1.